The Morgan fingerprint density at radius 2 is 1.05 bits per heavy atom. The van der Waals surface area contributed by atoms with E-state index in [4.69, 9.17) is 8.83 Å². The van der Waals surface area contributed by atoms with Gasteiger partial charge >= 0.3 is 0 Å². The molecule has 2 aromatic heterocycles. The minimum absolute atomic E-state index is 0.0674. The second-order valence-electron chi connectivity index (χ2n) is 5.26. The van der Waals surface area contributed by atoms with Crippen LogP contribution in [0.1, 0.15) is 32.2 Å². The Bertz CT molecular complexity index is 1020. The van der Waals surface area contributed by atoms with Gasteiger partial charge in [-0.25, -0.2) is 0 Å². The maximum Gasteiger partial charge on any atom is 0.264 e. The highest BCUT2D eigenvalue weighted by Gasteiger charge is 2.39. The summed E-state index contributed by atoms with van der Waals surface area (Å²) in [5.41, 5.74) is 1.73. The molecule has 4 heteroatoms. The zero-order valence-electron chi connectivity index (χ0n) is 11.3. The number of carbonyl (C=O) groups is 2. The second kappa shape index (κ2) is 3.74. The molecule has 1 aliphatic carbocycles. The number of ketones is 2. The van der Waals surface area contributed by atoms with Gasteiger partial charge in [0.15, 0.2) is 11.5 Å². The number of hydrogen-bond acceptors (Lipinski definition) is 4. The Morgan fingerprint density at radius 3 is 1.55 bits per heavy atom. The van der Waals surface area contributed by atoms with Crippen LogP contribution in [-0.4, -0.2) is 11.6 Å². The molecule has 4 nitrogen and oxygen atoms in total. The van der Waals surface area contributed by atoms with Crippen LogP contribution in [0.5, 0.6) is 0 Å². The van der Waals surface area contributed by atoms with Crippen molar-refractivity contribution in [3.05, 3.63) is 71.2 Å². The van der Waals surface area contributed by atoms with Crippen molar-refractivity contribution in [1.29, 1.82) is 0 Å². The molecule has 22 heavy (non-hydrogen) atoms. The first-order chi connectivity index (χ1) is 10.8. The van der Waals surface area contributed by atoms with Gasteiger partial charge in [-0.05, 0) is 12.1 Å². The number of rotatable bonds is 0. The summed E-state index contributed by atoms with van der Waals surface area (Å²) in [4.78, 5) is 25.6. The van der Waals surface area contributed by atoms with Crippen molar-refractivity contribution < 1.29 is 18.4 Å². The van der Waals surface area contributed by atoms with Crippen LogP contribution in [0.25, 0.3) is 21.9 Å². The summed E-state index contributed by atoms with van der Waals surface area (Å²) in [6, 6.07) is 14.3. The molecule has 0 radical (unpaired) electrons. The second-order valence-corrected chi connectivity index (χ2v) is 5.26. The van der Waals surface area contributed by atoms with E-state index in [9.17, 15) is 9.59 Å². The van der Waals surface area contributed by atoms with Crippen LogP contribution in [0.15, 0.2) is 57.4 Å². The number of furan rings is 2. The highest BCUT2D eigenvalue weighted by Crippen LogP contribution is 2.38. The first-order valence-electron chi connectivity index (χ1n) is 6.88. The highest BCUT2D eigenvalue weighted by molar-refractivity contribution is 6.33. The molecule has 0 fully saturated rings. The molecule has 0 saturated carbocycles. The number of carbonyl (C=O) groups excluding carboxylic acids is 2. The topological polar surface area (TPSA) is 60.4 Å². The van der Waals surface area contributed by atoms with Gasteiger partial charge < -0.3 is 8.83 Å². The van der Waals surface area contributed by atoms with Crippen molar-refractivity contribution in [2.45, 2.75) is 0 Å². The van der Waals surface area contributed by atoms with E-state index in [1.54, 1.807) is 36.4 Å². The normalized spacial score (nSPS) is 13.6. The number of fused-ring (bicyclic) bond motifs is 6. The summed E-state index contributed by atoms with van der Waals surface area (Å²) in [5.74, 6) is -0.466. The molecule has 0 N–H and O–H groups in total. The summed E-state index contributed by atoms with van der Waals surface area (Å²) in [6.45, 7) is 0. The van der Waals surface area contributed by atoms with E-state index in [1.165, 1.54) is 0 Å². The molecule has 1 aliphatic rings. The molecule has 0 spiro atoms. The van der Waals surface area contributed by atoms with Crippen LogP contribution >= 0.6 is 0 Å². The Labute approximate surface area is 123 Å². The molecular weight excluding hydrogens is 280 g/mol. The van der Waals surface area contributed by atoms with Gasteiger partial charge in [-0.15, -0.1) is 0 Å². The molecule has 4 aromatic rings. The van der Waals surface area contributed by atoms with E-state index < -0.39 is 0 Å². The average Bonchev–Trinajstić information content (AvgIpc) is 3.12. The number of para-hydroxylation sites is 2. The fourth-order valence-electron chi connectivity index (χ4n) is 3.09. The molecule has 2 heterocycles. The molecule has 104 valence electrons. The summed E-state index contributed by atoms with van der Waals surface area (Å²) in [6.07, 6.45) is 0. The molecule has 5 rings (SSSR count). The Hall–Kier alpha value is -3.14. The number of benzene rings is 2. The molecule has 2 aromatic carbocycles. The van der Waals surface area contributed by atoms with Crippen LogP contribution in [0, 0.1) is 0 Å². The maximum atomic E-state index is 12.9. The summed E-state index contributed by atoms with van der Waals surface area (Å²) in [7, 11) is 0. The van der Waals surface area contributed by atoms with Gasteiger partial charge in [-0.2, -0.15) is 0 Å². The summed E-state index contributed by atoms with van der Waals surface area (Å²) >= 11 is 0. The van der Waals surface area contributed by atoms with Crippen molar-refractivity contribution in [2.75, 3.05) is 0 Å². The fourth-order valence-corrected chi connectivity index (χ4v) is 3.09. The lowest BCUT2D eigenvalue weighted by Crippen LogP contribution is -2.17. The average molecular weight is 288 g/mol. The molecule has 0 bridgehead atoms. The summed E-state index contributed by atoms with van der Waals surface area (Å²) in [5, 5.41) is 1.32. The Kier molecular flexibility index (Phi) is 1.96. The van der Waals surface area contributed by atoms with Crippen molar-refractivity contribution in [1.82, 2.24) is 0 Å². The molecule has 0 amide bonds. The predicted octanol–water partition coefficient (Wildman–Crippen LogP) is 3.95. The van der Waals surface area contributed by atoms with Crippen molar-refractivity contribution in [3.63, 3.8) is 0 Å². The van der Waals surface area contributed by atoms with Crippen LogP contribution < -0.4 is 0 Å². The van der Waals surface area contributed by atoms with Gasteiger partial charge in [0.1, 0.15) is 11.2 Å². The van der Waals surface area contributed by atoms with Crippen LogP contribution in [-0.2, 0) is 0 Å². The summed E-state index contributed by atoms with van der Waals surface area (Å²) < 4.78 is 11.2. The lowest BCUT2D eigenvalue weighted by atomic mass is 9.90. The minimum atomic E-state index is -0.378. The smallest absolute Gasteiger partial charge is 0.264 e. The molecule has 0 unspecified atom stereocenters. The zero-order valence-corrected chi connectivity index (χ0v) is 11.3. The van der Waals surface area contributed by atoms with Crippen LogP contribution in [0.4, 0.5) is 0 Å². The van der Waals surface area contributed by atoms with Gasteiger partial charge in [-0.1, -0.05) is 36.4 Å². The molecular formula is C18H8O4. The standard InChI is InChI=1S/C18H8O4/c19-15-13-9-5-1-3-7-11(9)21-17(13)16(20)18-14(15)10-6-2-4-8-12(10)22-18/h1-8H. The third kappa shape index (κ3) is 1.22. The van der Waals surface area contributed by atoms with Gasteiger partial charge in [-0.3, -0.25) is 9.59 Å². The number of hydrogen-bond donors (Lipinski definition) is 0. The maximum absolute atomic E-state index is 12.9. The van der Waals surface area contributed by atoms with Gasteiger partial charge in [0.2, 0.25) is 5.78 Å². The van der Waals surface area contributed by atoms with E-state index in [0.717, 1.165) is 0 Å². The third-order valence-corrected chi connectivity index (χ3v) is 4.06. The van der Waals surface area contributed by atoms with Gasteiger partial charge in [0, 0.05) is 10.8 Å². The highest BCUT2D eigenvalue weighted by atomic mass is 16.4. The van der Waals surface area contributed by atoms with E-state index >= 15 is 0 Å². The zero-order chi connectivity index (χ0) is 14.8. The lowest BCUT2D eigenvalue weighted by molar-refractivity contribution is 0.0943. The quantitative estimate of drug-likeness (QED) is 0.433. The van der Waals surface area contributed by atoms with Crippen LogP contribution in [0.2, 0.25) is 0 Å². The van der Waals surface area contributed by atoms with E-state index in [0.29, 0.717) is 33.1 Å². The predicted molar refractivity (Wildman–Crippen MR) is 79.3 cm³/mol. The SMILES string of the molecule is O=C1c2oc3ccccc3c2C(=O)c2c1oc1ccccc21. The van der Waals surface area contributed by atoms with Crippen LogP contribution in [0.3, 0.4) is 0 Å². The van der Waals surface area contributed by atoms with Crippen molar-refractivity contribution >= 4 is 33.5 Å². The first kappa shape index (κ1) is 11.5. The van der Waals surface area contributed by atoms with Gasteiger partial charge in [0.05, 0.1) is 11.1 Å². The molecule has 0 saturated heterocycles. The molecule has 0 aliphatic heterocycles. The van der Waals surface area contributed by atoms with E-state index in [-0.39, 0.29) is 23.1 Å². The van der Waals surface area contributed by atoms with E-state index in [2.05, 4.69) is 0 Å². The van der Waals surface area contributed by atoms with Gasteiger partial charge in [0.25, 0.3) is 5.78 Å². The monoisotopic (exact) mass is 288 g/mol. The lowest BCUT2D eigenvalue weighted by Gasteiger charge is -2.07. The minimum Gasteiger partial charge on any atom is -0.452 e. The Morgan fingerprint density at radius 1 is 0.591 bits per heavy atom. The van der Waals surface area contributed by atoms with Crippen molar-refractivity contribution in [2.24, 2.45) is 0 Å². The first-order valence-corrected chi connectivity index (χ1v) is 6.88. The molecule has 0 atom stereocenters. The van der Waals surface area contributed by atoms with E-state index in [1.807, 2.05) is 12.1 Å². The largest absolute Gasteiger partial charge is 0.452 e. The third-order valence-electron chi connectivity index (χ3n) is 4.06. The van der Waals surface area contributed by atoms with Crippen molar-refractivity contribution in [3.8, 4) is 0 Å². The Balaban J connectivity index is 1.93. The fraction of sp³-hybridized carbons (Fsp3) is 0.